The molecule has 0 atom stereocenters. The molecule has 1 aromatic carbocycles. The summed E-state index contributed by atoms with van der Waals surface area (Å²) in [5.74, 6) is 1.20. The van der Waals surface area contributed by atoms with Gasteiger partial charge in [0, 0.05) is 24.9 Å². The summed E-state index contributed by atoms with van der Waals surface area (Å²) in [5.41, 5.74) is 1.66. The van der Waals surface area contributed by atoms with Crippen LogP contribution < -0.4 is 0 Å². The Morgan fingerprint density at radius 3 is 2.76 bits per heavy atom. The predicted octanol–water partition coefficient (Wildman–Crippen LogP) is 4.06. The Bertz CT molecular complexity index is 612. The Hall–Kier alpha value is -0.650. The summed E-state index contributed by atoms with van der Waals surface area (Å²) >= 11 is 9.07. The van der Waals surface area contributed by atoms with Crippen LogP contribution in [0, 0.1) is 5.82 Å². The second kappa shape index (κ2) is 7.56. The average Bonchev–Trinajstić information content (AvgIpc) is 2.73. The van der Waals surface area contributed by atoms with Gasteiger partial charge in [-0.1, -0.05) is 0 Å². The summed E-state index contributed by atoms with van der Waals surface area (Å²) in [6, 6.07) is 3.29. The maximum Gasteiger partial charge on any atom is 0.139 e. The Kier molecular flexibility index (Phi) is 6.02. The number of benzene rings is 1. The number of nitrogens with zero attached hydrogens (tertiary/aromatic N) is 3. The second-order valence-electron chi connectivity index (χ2n) is 5.38. The van der Waals surface area contributed by atoms with E-state index < -0.39 is 0 Å². The zero-order valence-corrected chi connectivity index (χ0v) is 14.7. The van der Waals surface area contributed by atoms with Crippen LogP contribution in [0.2, 0.25) is 0 Å². The molecule has 0 fully saturated rings. The molecule has 0 radical (unpaired) electrons. The van der Waals surface area contributed by atoms with Crippen LogP contribution in [0.5, 0.6) is 0 Å². The van der Waals surface area contributed by atoms with Gasteiger partial charge in [-0.15, -0.1) is 11.6 Å². The van der Waals surface area contributed by atoms with Gasteiger partial charge in [0.2, 0.25) is 0 Å². The fraction of sp³-hybridized carbons (Fsp3) is 0.533. The first-order chi connectivity index (χ1) is 10.0. The number of unbranched alkanes of at least 4 members (excludes halogenated alkanes) is 1. The quantitative estimate of drug-likeness (QED) is 0.537. The molecule has 0 spiro atoms. The van der Waals surface area contributed by atoms with E-state index in [4.69, 9.17) is 11.6 Å². The van der Waals surface area contributed by atoms with Gasteiger partial charge in [-0.2, -0.15) is 0 Å². The summed E-state index contributed by atoms with van der Waals surface area (Å²) in [6.07, 6.45) is 2.84. The number of hydrogen-bond acceptors (Lipinski definition) is 2. The van der Waals surface area contributed by atoms with Crippen molar-refractivity contribution in [3.8, 4) is 0 Å². The van der Waals surface area contributed by atoms with Crippen LogP contribution in [0.15, 0.2) is 16.6 Å². The molecule has 3 nitrogen and oxygen atoms in total. The van der Waals surface area contributed by atoms with Gasteiger partial charge in [-0.3, -0.25) is 0 Å². The van der Waals surface area contributed by atoms with Gasteiger partial charge in [0.1, 0.15) is 11.6 Å². The highest BCUT2D eigenvalue weighted by molar-refractivity contribution is 9.10. The van der Waals surface area contributed by atoms with Crippen molar-refractivity contribution < 1.29 is 4.39 Å². The molecule has 21 heavy (non-hydrogen) atoms. The van der Waals surface area contributed by atoms with Gasteiger partial charge in [0.25, 0.3) is 0 Å². The molecular formula is C15H20BrClFN3. The van der Waals surface area contributed by atoms with Crippen molar-refractivity contribution in [2.75, 3.05) is 26.5 Å². The monoisotopic (exact) mass is 375 g/mol. The first kappa shape index (κ1) is 16.7. The molecule has 0 unspecified atom stereocenters. The minimum absolute atomic E-state index is 0.255. The summed E-state index contributed by atoms with van der Waals surface area (Å²) < 4.78 is 16.3. The van der Waals surface area contributed by atoms with E-state index >= 15 is 0 Å². The van der Waals surface area contributed by atoms with Crippen molar-refractivity contribution >= 4 is 38.6 Å². The number of imidazole rings is 1. The fourth-order valence-corrected chi connectivity index (χ4v) is 2.89. The Balaban J connectivity index is 2.25. The van der Waals surface area contributed by atoms with Gasteiger partial charge in [-0.05, 0) is 55.5 Å². The fourth-order valence-electron chi connectivity index (χ4n) is 2.39. The molecule has 2 aromatic rings. The van der Waals surface area contributed by atoms with Crippen LogP contribution >= 0.6 is 27.5 Å². The SMILES string of the molecule is CN(C)CCCCn1c(CCCl)nc2cc(Br)c(F)cc21. The van der Waals surface area contributed by atoms with Crippen molar-refractivity contribution in [3.63, 3.8) is 0 Å². The van der Waals surface area contributed by atoms with Crippen molar-refractivity contribution in [3.05, 3.63) is 28.2 Å². The highest BCUT2D eigenvalue weighted by Crippen LogP contribution is 2.25. The first-order valence-electron chi connectivity index (χ1n) is 7.07. The number of rotatable bonds is 7. The van der Waals surface area contributed by atoms with E-state index in [1.807, 2.05) is 0 Å². The second-order valence-corrected chi connectivity index (χ2v) is 6.62. The minimum Gasteiger partial charge on any atom is -0.328 e. The summed E-state index contributed by atoms with van der Waals surface area (Å²) in [5, 5.41) is 0. The molecule has 2 rings (SSSR count). The normalized spacial score (nSPS) is 11.7. The van der Waals surface area contributed by atoms with Crippen LogP contribution in [0.1, 0.15) is 18.7 Å². The molecule has 1 heterocycles. The number of aromatic nitrogens is 2. The summed E-state index contributed by atoms with van der Waals surface area (Å²) in [6.45, 7) is 1.90. The number of alkyl halides is 1. The molecule has 0 saturated carbocycles. The van der Waals surface area contributed by atoms with E-state index in [1.165, 1.54) is 0 Å². The smallest absolute Gasteiger partial charge is 0.139 e. The summed E-state index contributed by atoms with van der Waals surface area (Å²) in [4.78, 5) is 6.76. The molecule has 0 aliphatic carbocycles. The molecule has 0 saturated heterocycles. The van der Waals surface area contributed by atoms with E-state index in [-0.39, 0.29) is 5.82 Å². The Labute approximate surface area is 138 Å². The largest absolute Gasteiger partial charge is 0.328 e. The third-order valence-electron chi connectivity index (χ3n) is 3.42. The predicted molar refractivity (Wildman–Crippen MR) is 89.6 cm³/mol. The Morgan fingerprint density at radius 1 is 1.33 bits per heavy atom. The highest BCUT2D eigenvalue weighted by atomic mass is 79.9. The molecule has 0 aliphatic heterocycles. The van der Waals surface area contributed by atoms with Crippen LogP contribution in [-0.2, 0) is 13.0 Å². The van der Waals surface area contributed by atoms with Crippen LogP contribution in [0.4, 0.5) is 4.39 Å². The lowest BCUT2D eigenvalue weighted by molar-refractivity contribution is 0.387. The lowest BCUT2D eigenvalue weighted by Gasteiger charge is -2.11. The van der Waals surface area contributed by atoms with Crippen molar-refractivity contribution in [2.24, 2.45) is 0 Å². The van der Waals surface area contributed by atoms with Crippen molar-refractivity contribution in [2.45, 2.75) is 25.8 Å². The number of hydrogen-bond donors (Lipinski definition) is 0. The van der Waals surface area contributed by atoms with E-state index in [2.05, 4.69) is 44.5 Å². The zero-order valence-electron chi connectivity index (χ0n) is 12.4. The molecule has 0 bridgehead atoms. The maximum absolute atomic E-state index is 13.8. The third-order valence-corrected chi connectivity index (χ3v) is 4.22. The highest BCUT2D eigenvalue weighted by Gasteiger charge is 2.13. The number of aryl methyl sites for hydroxylation is 2. The van der Waals surface area contributed by atoms with E-state index in [9.17, 15) is 4.39 Å². The van der Waals surface area contributed by atoms with Gasteiger partial charge >= 0.3 is 0 Å². The molecule has 1 aromatic heterocycles. The molecule has 0 aliphatic rings. The third kappa shape index (κ3) is 4.18. The van der Waals surface area contributed by atoms with Gasteiger partial charge < -0.3 is 9.47 Å². The lowest BCUT2D eigenvalue weighted by Crippen LogP contribution is -2.14. The van der Waals surface area contributed by atoms with Crippen LogP contribution in [0.25, 0.3) is 11.0 Å². The number of fused-ring (bicyclic) bond motifs is 1. The van der Waals surface area contributed by atoms with E-state index in [0.717, 1.165) is 42.8 Å². The van der Waals surface area contributed by atoms with E-state index in [0.29, 0.717) is 16.8 Å². The maximum atomic E-state index is 13.8. The van der Waals surface area contributed by atoms with Gasteiger partial charge in [0.15, 0.2) is 0 Å². The summed E-state index contributed by atoms with van der Waals surface area (Å²) in [7, 11) is 4.14. The van der Waals surface area contributed by atoms with Crippen LogP contribution in [0.3, 0.4) is 0 Å². The molecule has 0 N–H and O–H groups in total. The standard InChI is InChI=1S/C15H20BrClFN3/c1-20(2)7-3-4-8-21-14-10-12(18)11(16)9-13(14)19-15(21)5-6-17/h9-10H,3-8H2,1-2H3. The Morgan fingerprint density at radius 2 is 2.10 bits per heavy atom. The average molecular weight is 377 g/mol. The molecule has 116 valence electrons. The lowest BCUT2D eigenvalue weighted by atomic mass is 10.2. The zero-order chi connectivity index (χ0) is 15.4. The molecule has 0 amide bonds. The van der Waals surface area contributed by atoms with Gasteiger partial charge in [0.05, 0.1) is 15.5 Å². The topological polar surface area (TPSA) is 21.1 Å². The molecule has 6 heteroatoms. The first-order valence-corrected chi connectivity index (χ1v) is 8.40. The van der Waals surface area contributed by atoms with Crippen LogP contribution in [-0.4, -0.2) is 41.0 Å². The minimum atomic E-state index is -0.255. The van der Waals surface area contributed by atoms with E-state index in [1.54, 1.807) is 12.1 Å². The van der Waals surface area contributed by atoms with Gasteiger partial charge in [-0.25, -0.2) is 9.37 Å². The van der Waals surface area contributed by atoms with Crippen molar-refractivity contribution in [1.82, 2.24) is 14.5 Å². The van der Waals surface area contributed by atoms with Crippen molar-refractivity contribution in [1.29, 1.82) is 0 Å². The molecular weight excluding hydrogens is 357 g/mol. The number of halogens is 3.